The summed E-state index contributed by atoms with van der Waals surface area (Å²) >= 11 is 0. The smallest absolute Gasteiger partial charge is 0.0575 e. The molecule has 2 aliphatic rings. The molecule has 2 aliphatic carbocycles. The summed E-state index contributed by atoms with van der Waals surface area (Å²) in [6, 6.07) is 0. The van der Waals surface area contributed by atoms with Gasteiger partial charge in [0.05, 0.1) is 12.2 Å². The van der Waals surface area contributed by atoms with E-state index in [-0.39, 0.29) is 6.10 Å². The van der Waals surface area contributed by atoms with Crippen molar-refractivity contribution in [2.75, 3.05) is 6.61 Å². The fourth-order valence-corrected chi connectivity index (χ4v) is 4.55. The van der Waals surface area contributed by atoms with Crippen molar-refractivity contribution < 1.29 is 9.84 Å². The van der Waals surface area contributed by atoms with Crippen molar-refractivity contribution in [1.82, 2.24) is 0 Å². The Hall–Kier alpha value is -0.0800. The zero-order valence-electron chi connectivity index (χ0n) is 14.2. The van der Waals surface area contributed by atoms with E-state index in [0.29, 0.717) is 6.10 Å². The van der Waals surface area contributed by atoms with Crippen molar-refractivity contribution in [2.45, 2.75) is 96.7 Å². The van der Waals surface area contributed by atoms with E-state index in [2.05, 4.69) is 13.8 Å². The molecule has 2 heteroatoms. The number of hydrogen-bond acceptors (Lipinski definition) is 2. The summed E-state index contributed by atoms with van der Waals surface area (Å²) in [5.74, 6) is 2.54. The van der Waals surface area contributed by atoms with Crippen LogP contribution in [0.5, 0.6) is 0 Å². The number of aliphatic hydroxyl groups is 1. The highest BCUT2D eigenvalue weighted by atomic mass is 16.5. The molecule has 2 saturated carbocycles. The van der Waals surface area contributed by atoms with Crippen LogP contribution < -0.4 is 0 Å². The average molecular weight is 296 g/mol. The highest BCUT2D eigenvalue weighted by molar-refractivity contribution is 4.83. The summed E-state index contributed by atoms with van der Waals surface area (Å²) in [5.41, 5.74) is 0. The van der Waals surface area contributed by atoms with Gasteiger partial charge < -0.3 is 9.84 Å². The van der Waals surface area contributed by atoms with E-state index in [1.807, 2.05) is 0 Å². The molecule has 2 nitrogen and oxygen atoms in total. The molecule has 0 aliphatic heterocycles. The van der Waals surface area contributed by atoms with E-state index < -0.39 is 0 Å². The largest absolute Gasteiger partial charge is 0.393 e. The van der Waals surface area contributed by atoms with E-state index in [1.54, 1.807) is 0 Å². The Morgan fingerprint density at radius 1 is 1.05 bits per heavy atom. The molecule has 0 aromatic heterocycles. The van der Waals surface area contributed by atoms with Gasteiger partial charge in [-0.15, -0.1) is 0 Å². The van der Waals surface area contributed by atoms with Crippen molar-refractivity contribution in [1.29, 1.82) is 0 Å². The van der Waals surface area contributed by atoms with E-state index in [1.165, 1.54) is 51.4 Å². The molecule has 0 amide bonds. The van der Waals surface area contributed by atoms with Gasteiger partial charge in [0.1, 0.15) is 0 Å². The van der Waals surface area contributed by atoms with Gasteiger partial charge in [0.25, 0.3) is 0 Å². The summed E-state index contributed by atoms with van der Waals surface area (Å²) in [6.07, 6.45) is 13.9. The van der Waals surface area contributed by atoms with Gasteiger partial charge in [0, 0.05) is 6.61 Å². The van der Waals surface area contributed by atoms with Crippen LogP contribution in [-0.4, -0.2) is 23.9 Å². The minimum absolute atomic E-state index is 0.105. The molecule has 124 valence electrons. The van der Waals surface area contributed by atoms with Gasteiger partial charge in [-0.1, -0.05) is 39.5 Å². The highest BCUT2D eigenvalue weighted by Gasteiger charge is 2.33. The van der Waals surface area contributed by atoms with Crippen molar-refractivity contribution >= 4 is 0 Å². The Morgan fingerprint density at radius 2 is 1.76 bits per heavy atom. The number of rotatable bonds is 9. The van der Waals surface area contributed by atoms with Crippen LogP contribution in [0.3, 0.4) is 0 Å². The Kier molecular flexibility index (Phi) is 7.53. The fraction of sp³-hybridized carbons (Fsp3) is 1.00. The standard InChI is InChI=1S/C19H36O2/c1-3-15-12-16(4-2)17(13-15)14-18(20)8-7-11-21-19-9-5-6-10-19/h15-20H,3-14H2,1-2H3. The highest BCUT2D eigenvalue weighted by Crippen LogP contribution is 2.42. The molecule has 2 fully saturated rings. The predicted molar refractivity (Wildman–Crippen MR) is 88.4 cm³/mol. The van der Waals surface area contributed by atoms with Gasteiger partial charge in [0.15, 0.2) is 0 Å². The monoisotopic (exact) mass is 296 g/mol. The van der Waals surface area contributed by atoms with Gasteiger partial charge >= 0.3 is 0 Å². The average Bonchev–Trinajstić information content (AvgIpc) is 3.12. The van der Waals surface area contributed by atoms with Crippen LogP contribution >= 0.6 is 0 Å². The second kappa shape index (κ2) is 9.15. The van der Waals surface area contributed by atoms with Gasteiger partial charge in [0.2, 0.25) is 0 Å². The molecule has 1 N–H and O–H groups in total. The summed E-state index contributed by atoms with van der Waals surface area (Å²) in [7, 11) is 0. The van der Waals surface area contributed by atoms with Crippen LogP contribution in [0.1, 0.15) is 84.5 Å². The number of aliphatic hydroxyl groups excluding tert-OH is 1. The molecule has 4 unspecified atom stereocenters. The minimum Gasteiger partial charge on any atom is -0.393 e. The second-order valence-electron chi connectivity index (χ2n) is 7.48. The van der Waals surface area contributed by atoms with Gasteiger partial charge in [-0.25, -0.2) is 0 Å². The second-order valence-corrected chi connectivity index (χ2v) is 7.48. The van der Waals surface area contributed by atoms with E-state index in [4.69, 9.17) is 4.74 Å². The molecule has 0 radical (unpaired) electrons. The SMILES string of the molecule is CCC1CC(CC)C(CC(O)CCCOC2CCCC2)C1. The third-order valence-corrected chi connectivity index (χ3v) is 5.95. The van der Waals surface area contributed by atoms with Crippen LogP contribution in [0.2, 0.25) is 0 Å². The topological polar surface area (TPSA) is 29.5 Å². The first-order valence-corrected chi connectivity index (χ1v) is 9.52. The Balaban J connectivity index is 1.58. The lowest BCUT2D eigenvalue weighted by Gasteiger charge is -2.21. The molecule has 0 aromatic rings. The molecule has 2 rings (SSSR count). The van der Waals surface area contributed by atoms with Crippen LogP contribution in [-0.2, 0) is 4.74 Å². The summed E-state index contributed by atoms with van der Waals surface area (Å²) < 4.78 is 5.89. The van der Waals surface area contributed by atoms with E-state index >= 15 is 0 Å². The lowest BCUT2D eigenvalue weighted by Crippen LogP contribution is -2.18. The maximum absolute atomic E-state index is 10.3. The Labute approximate surface area is 131 Å². The van der Waals surface area contributed by atoms with Crippen molar-refractivity contribution in [3.63, 3.8) is 0 Å². The lowest BCUT2D eigenvalue weighted by molar-refractivity contribution is 0.0441. The minimum atomic E-state index is -0.105. The molecule has 0 spiro atoms. The third kappa shape index (κ3) is 5.56. The maximum atomic E-state index is 10.3. The molecular formula is C19H36O2. The zero-order chi connectivity index (χ0) is 15.1. The van der Waals surface area contributed by atoms with Crippen molar-refractivity contribution in [3.05, 3.63) is 0 Å². The third-order valence-electron chi connectivity index (χ3n) is 5.95. The zero-order valence-corrected chi connectivity index (χ0v) is 14.2. The first-order valence-electron chi connectivity index (χ1n) is 9.52. The van der Waals surface area contributed by atoms with Crippen LogP contribution in [0.25, 0.3) is 0 Å². The molecule has 21 heavy (non-hydrogen) atoms. The Bertz CT molecular complexity index is 273. The molecule has 4 atom stereocenters. The summed E-state index contributed by atoms with van der Waals surface area (Å²) in [6.45, 7) is 5.48. The van der Waals surface area contributed by atoms with Crippen LogP contribution in [0.4, 0.5) is 0 Å². The van der Waals surface area contributed by atoms with Crippen molar-refractivity contribution in [2.24, 2.45) is 17.8 Å². The predicted octanol–water partition coefficient (Wildman–Crippen LogP) is 4.94. The molecule has 0 aromatic carbocycles. The first-order chi connectivity index (χ1) is 10.2. The quantitative estimate of drug-likeness (QED) is 0.611. The van der Waals surface area contributed by atoms with Gasteiger partial charge in [-0.05, 0) is 62.7 Å². The molecular weight excluding hydrogens is 260 g/mol. The fourth-order valence-electron chi connectivity index (χ4n) is 4.55. The molecule has 0 saturated heterocycles. The van der Waals surface area contributed by atoms with Gasteiger partial charge in [-0.2, -0.15) is 0 Å². The van der Waals surface area contributed by atoms with Crippen LogP contribution in [0.15, 0.2) is 0 Å². The first kappa shape index (κ1) is 17.3. The Morgan fingerprint density at radius 3 is 2.43 bits per heavy atom. The number of hydrogen-bond donors (Lipinski definition) is 1. The lowest BCUT2D eigenvalue weighted by atomic mass is 9.88. The van der Waals surface area contributed by atoms with E-state index in [9.17, 15) is 5.11 Å². The number of ether oxygens (including phenoxy) is 1. The van der Waals surface area contributed by atoms with Gasteiger partial charge in [-0.3, -0.25) is 0 Å². The maximum Gasteiger partial charge on any atom is 0.0575 e. The van der Waals surface area contributed by atoms with Crippen LogP contribution in [0, 0.1) is 17.8 Å². The summed E-state index contributed by atoms with van der Waals surface area (Å²) in [4.78, 5) is 0. The normalized spacial score (nSPS) is 31.9. The van der Waals surface area contributed by atoms with E-state index in [0.717, 1.165) is 43.6 Å². The molecule has 0 heterocycles. The van der Waals surface area contributed by atoms with Crippen molar-refractivity contribution in [3.8, 4) is 0 Å². The summed E-state index contributed by atoms with van der Waals surface area (Å²) in [5, 5.41) is 10.3. The molecule has 0 bridgehead atoms.